The van der Waals surface area contributed by atoms with Crippen molar-refractivity contribution in [3.63, 3.8) is 0 Å². The summed E-state index contributed by atoms with van der Waals surface area (Å²) in [5.41, 5.74) is -0.530. The van der Waals surface area contributed by atoms with Crippen molar-refractivity contribution in [1.29, 1.82) is 0 Å². The molecule has 0 aromatic carbocycles. The number of hydrogen-bond donors (Lipinski definition) is 1. The van der Waals surface area contributed by atoms with E-state index in [-0.39, 0.29) is 18.0 Å². The summed E-state index contributed by atoms with van der Waals surface area (Å²) in [5.74, 6) is -0.0716. The van der Waals surface area contributed by atoms with Gasteiger partial charge in [0, 0.05) is 12.6 Å². The van der Waals surface area contributed by atoms with E-state index >= 15 is 0 Å². The van der Waals surface area contributed by atoms with Crippen LogP contribution in [0.2, 0.25) is 0 Å². The van der Waals surface area contributed by atoms with Crippen LogP contribution in [0, 0.1) is 0 Å². The highest BCUT2D eigenvalue weighted by Gasteiger charge is 2.36. The summed E-state index contributed by atoms with van der Waals surface area (Å²) in [5, 5.41) is 2.93. The third-order valence-electron chi connectivity index (χ3n) is 3.18. The predicted molar refractivity (Wildman–Crippen MR) is 73.9 cm³/mol. The van der Waals surface area contributed by atoms with Crippen molar-refractivity contribution >= 4 is 12.0 Å². The van der Waals surface area contributed by atoms with Gasteiger partial charge >= 0.3 is 6.09 Å². The van der Waals surface area contributed by atoms with Crippen LogP contribution in [-0.4, -0.2) is 41.1 Å². The molecule has 1 N–H and O–H groups in total. The maximum Gasteiger partial charge on any atom is 0.410 e. The van der Waals surface area contributed by atoms with Gasteiger partial charge in [0.15, 0.2) is 0 Å². The predicted octanol–water partition coefficient (Wildman–Crippen LogP) is 2.30. The second-order valence-electron chi connectivity index (χ2n) is 6.15. The first-order valence-electron chi connectivity index (χ1n) is 7.04. The average molecular weight is 270 g/mol. The lowest BCUT2D eigenvalue weighted by Gasteiger charge is -2.28. The van der Waals surface area contributed by atoms with Crippen molar-refractivity contribution in [2.45, 2.75) is 71.6 Å². The fraction of sp³-hybridized carbons (Fsp3) is 0.857. The fourth-order valence-electron chi connectivity index (χ4n) is 2.02. The Hall–Kier alpha value is -1.26. The van der Waals surface area contributed by atoms with E-state index in [9.17, 15) is 9.59 Å². The van der Waals surface area contributed by atoms with E-state index in [0.29, 0.717) is 13.0 Å². The molecule has 0 bridgehead atoms. The normalized spacial score (nSPS) is 21.1. The third kappa shape index (κ3) is 4.73. The van der Waals surface area contributed by atoms with E-state index in [4.69, 9.17) is 4.74 Å². The Bertz CT molecular complexity index is 336. The zero-order valence-corrected chi connectivity index (χ0v) is 12.7. The molecule has 2 atom stereocenters. The number of ether oxygens (including phenoxy) is 1. The van der Waals surface area contributed by atoms with Gasteiger partial charge in [0.1, 0.15) is 11.6 Å². The molecule has 110 valence electrons. The molecule has 2 amide bonds. The molecule has 0 aliphatic carbocycles. The van der Waals surface area contributed by atoms with Gasteiger partial charge in [-0.15, -0.1) is 0 Å². The minimum atomic E-state index is -0.530. The van der Waals surface area contributed by atoms with Gasteiger partial charge in [-0.05, 0) is 47.0 Å². The van der Waals surface area contributed by atoms with Crippen molar-refractivity contribution in [3.05, 3.63) is 0 Å². The lowest BCUT2D eigenvalue weighted by molar-refractivity contribution is -0.126. The maximum atomic E-state index is 12.1. The quantitative estimate of drug-likeness (QED) is 0.856. The summed E-state index contributed by atoms with van der Waals surface area (Å²) < 4.78 is 5.34. The summed E-state index contributed by atoms with van der Waals surface area (Å²) in [7, 11) is 0. The van der Waals surface area contributed by atoms with Crippen molar-refractivity contribution in [2.24, 2.45) is 0 Å². The molecule has 1 saturated heterocycles. The van der Waals surface area contributed by atoms with Crippen LogP contribution in [0.25, 0.3) is 0 Å². The zero-order valence-electron chi connectivity index (χ0n) is 12.7. The molecule has 1 aliphatic heterocycles. The summed E-state index contributed by atoms with van der Waals surface area (Å²) in [6.07, 6.45) is 2.04. The number of nitrogens with zero attached hydrogens (tertiary/aromatic N) is 1. The summed E-state index contributed by atoms with van der Waals surface area (Å²) in [6.45, 7) is 10.1. The Morgan fingerprint density at radius 2 is 2.05 bits per heavy atom. The SMILES string of the molecule is CCC(C)NC(=O)C1CCCN1C(=O)OC(C)(C)C. The lowest BCUT2D eigenvalue weighted by Crippen LogP contribution is -2.49. The van der Waals surface area contributed by atoms with E-state index in [2.05, 4.69) is 5.32 Å². The van der Waals surface area contributed by atoms with Gasteiger partial charge in [0.25, 0.3) is 0 Å². The Kier molecular flexibility index (Phi) is 5.20. The highest BCUT2D eigenvalue weighted by Crippen LogP contribution is 2.21. The monoisotopic (exact) mass is 270 g/mol. The van der Waals surface area contributed by atoms with E-state index in [1.807, 2.05) is 34.6 Å². The van der Waals surface area contributed by atoms with E-state index in [1.165, 1.54) is 0 Å². The maximum absolute atomic E-state index is 12.1. The Morgan fingerprint density at radius 3 is 2.58 bits per heavy atom. The molecule has 0 saturated carbocycles. The topological polar surface area (TPSA) is 58.6 Å². The molecule has 0 aromatic rings. The van der Waals surface area contributed by atoms with E-state index < -0.39 is 11.7 Å². The number of rotatable bonds is 3. The highest BCUT2D eigenvalue weighted by molar-refractivity contribution is 5.86. The molecule has 1 aliphatic rings. The minimum Gasteiger partial charge on any atom is -0.444 e. The van der Waals surface area contributed by atoms with Crippen LogP contribution in [0.3, 0.4) is 0 Å². The molecule has 0 radical (unpaired) electrons. The van der Waals surface area contributed by atoms with Crippen molar-refractivity contribution in [1.82, 2.24) is 10.2 Å². The summed E-state index contributed by atoms with van der Waals surface area (Å²) >= 11 is 0. The molecular weight excluding hydrogens is 244 g/mol. The number of amides is 2. The molecule has 2 unspecified atom stereocenters. The van der Waals surface area contributed by atoms with Gasteiger partial charge < -0.3 is 10.1 Å². The summed E-state index contributed by atoms with van der Waals surface area (Å²) in [6, 6.07) is -0.252. The van der Waals surface area contributed by atoms with Crippen LogP contribution in [0.1, 0.15) is 53.9 Å². The average Bonchev–Trinajstić information content (AvgIpc) is 2.75. The zero-order chi connectivity index (χ0) is 14.6. The molecule has 0 aromatic heterocycles. The highest BCUT2D eigenvalue weighted by atomic mass is 16.6. The Balaban J connectivity index is 2.63. The van der Waals surface area contributed by atoms with Crippen LogP contribution in [0.15, 0.2) is 0 Å². The Morgan fingerprint density at radius 1 is 1.42 bits per heavy atom. The second-order valence-corrected chi connectivity index (χ2v) is 6.15. The number of carbonyl (C=O) groups excluding carboxylic acids is 2. The van der Waals surface area contributed by atoms with Crippen LogP contribution in [-0.2, 0) is 9.53 Å². The van der Waals surface area contributed by atoms with Crippen molar-refractivity contribution < 1.29 is 14.3 Å². The summed E-state index contributed by atoms with van der Waals surface area (Å²) in [4.78, 5) is 25.7. The molecule has 5 heteroatoms. The van der Waals surface area contributed by atoms with E-state index in [1.54, 1.807) is 4.90 Å². The number of hydrogen-bond acceptors (Lipinski definition) is 3. The molecule has 5 nitrogen and oxygen atoms in total. The largest absolute Gasteiger partial charge is 0.444 e. The standard InChI is InChI=1S/C14H26N2O3/c1-6-10(2)15-12(17)11-8-7-9-16(11)13(18)19-14(3,4)5/h10-11H,6-9H2,1-5H3,(H,15,17). The molecule has 1 rings (SSSR count). The van der Waals surface area contributed by atoms with Gasteiger partial charge in [-0.1, -0.05) is 6.92 Å². The molecule has 19 heavy (non-hydrogen) atoms. The van der Waals surface area contributed by atoms with Crippen LogP contribution in [0.4, 0.5) is 4.79 Å². The van der Waals surface area contributed by atoms with Crippen LogP contribution in [0.5, 0.6) is 0 Å². The third-order valence-corrected chi connectivity index (χ3v) is 3.18. The fourth-order valence-corrected chi connectivity index (χ4v) is 2.02. The molecule has 1 heterocycles. The first kappa shape index (κ1) is 15.8. The van der Waals surface area contributed by atoms with Crippen LogP contribution >= 0.6 is 0 Å². The van der Waals surface area contributed by atoms with Gasteiger partial charge in [0.05, 0.1) is 0 Å². The van der Waals surface area contributed by atoms with Gasteiger partial charge in [-0.3, -0.25) is 9.69 Å². The Labute approximate surface area is 115 Å². The van der Waals surface area contributed by atoms with E-state index in [0.717, 1.165) is 12.8 Å². The molecule has 0 spiro atoms. The first-order valence-corrected chi connectivity index (χ1v) is 7.04. The minimum absolute atomic E-state index is 0.0716. The van der Waals surface area contributed by atoms with Crippen molar-refractivity contribution in [3.8, 4) is 0 Å². The number of likely N-dealkylation sites (tertiary alicyclic amines) is 1. The lowest BCUT2D eigenvalue weighted by atomic mass is 10.2. The number of nitrogens with one attached hydrogen (secondary N) is 1. The van der Waals surface area contributed by atoms with Crippen molar-refractivity contribution in [2.75, 3.05) is 6.54 Å². The van der Waals surface area contributed by atoms with Gasteiger partial charge in [-0.25, -0.2) is 4.79 Å². The van der Waals surface area contributed by atoms with Crippen LogP contribution < -0.4 is 5.32 Å². The van der Waals surface area contributed by atoms with Gasteiger partial charge in [-0.2, -0.15) is 0 Å². The second kappa shape index (κ2) is 6.26. The molecular formula is C14H26N2O3. The first-order chi connectivity index (χ1) is 8.74. The molecule has 1 fully saturated rings. The van der Waals surface area contributed by atoms with Gasteiger partial charge in [0.2, 0.25) is 5.91 Å². The number of carbonyl (C=O) groups is 2. The smallest absolute Gasteiger partial charge is 0.410 e.